The quantitative estimate of drug-likeness (QED) is 0.597. The molecule has 2 bridgehead atoms. The normalized spacial score (nSPS) is 34.2. The molecular weight excluding hydrogens is 382 g/mol. The van der Waals surface area contributed by atoms with E-state index in [4.69, 9.17) is 17.0 Å². The van der Waals surface area contributed by atoms with Gasteiger partial charge in [-0.05, 0) is 75.3 Å². The number of piperidine rings is 4. The molecule has 5 saturated heterocycles. The van der Waals surface area contributed by atoms with Crippen LogP contribution in [0.2, 0.25) is 0 Å². The van der Waals surface area contributed by atoms with E-state index in [0.29, 0.717) is 6.04 Å². The standard InChI is InChI=1S/C22H41N5OS/c1-18-2-6-26(7-3-18)16-20-17-27-8-4-19(20)14-21(27)15-24-22(29)23-5-9-25-10-12-28-13-11-25/h18-21H,2-17H2,1H3,(H2,23,24,29). The second-order valence-electron chi connectivity index (χ2n) is 9.77. The molecular formula is C22H41N5OS. The number of thiocarbonyl (C=S) groups is 1. The third kappa shape index (κ3) is 6.26. The third-order valence-corrected chi connectivity index (χ3v) is 7.99. The van der Waals surface area contributed by atoms with E-state index in [2.05, 4.69) is 32.3 Å². The summed E-state index contributed by atoms with van der Waals surface area (Å²) in [5.74, 6) is 2.72. The van der Waals surface area contributed by atoms with Crippen LogP contribution >= 0.6 is 12.2 Å². The van der Waals surface area contributed by atoms with E-state index in [1.54, 1.807) is 0 Å². The Morgan fingerprint density at radius 3 is 2.52 bits per heavy atom. The van der Waals surface area contributed by atoms with Crippen molar-refractivity contribution in [3.05, 3.63) is 0 Å². The first-order valence-electron chi connectivity index (χ1n) is 12.0. The molecule has 5 fully saturated rings. The average Bonchev–Trinajstić information content (AvgIpc) is 2.75. The topological polar surface area (TPSA) is 43.0 Å². The van der Waals surface area contributed by atoms with Gasteiger partial charge in [-0.15, -0.1) is 0 Å². The summed E-state index contributed by atoms with van der Waals surface area (Å²) in [5, 5.41) is 7.71. The van der Waals surface area contributed by atoms with Gasteiger partial charge in [-0.3, -0.25) is 9.80 Å². The number of ether oxygens (including phenoxy) is 1. The smallest absolute Gasteiger partial charge is 0.166 e. The summed E-state index contributed by atoms with van der Waals surface area (Å²) in [6.07, 6.45) is 5.53. The fourth-order valence-corrected chi connectivity index (χ4v) is 5.86. The van der Waals surface area contributed by atoms with Gasteiger partial charge >= 0.3 is 0 Å². The summed E-state index contributed by atoms with van der Waals surface area (Å²) in [5.41, 5.74) is 0. The van der Waals surface area contributed by atoms with E-state index in [1.807, 2.05) is 0 Å². The second kappa shape index (κ2) is 10.7. The average molecular weight is 424 g/mol. The molecule has 2 N–H and O–H groups in total. The molecule has 5 aliphatic heterocycles. The first-order valence-corrected chi connectivity index (χ1v) is 12.4. The maximum atomic E-state index is 5.53. The molecule has 4 atom stereocenters. The summed E-state index contributed by atoms with van der Waals surface area (Å²) >= 11 is 5.53. The monoisotopic (exact) mass is 423 g/mol. The molecule has 0 aromatic rings. The van der Waals surface area contributed by atoms with Crippen molar-refractivity contribution in [1.82, 2.24) is 25.3 Å². The van der Waals surface area contributed by atoms with E-state index in [0.717, 1.165) is 68.8 Å². The van der Waals surface area contributed by atoms with Crippen LogP contribution in [0.25, 0.3) is 0 Å². The van der Waals surface area contributed by atoms with Crippen molar-refractivity contribution in [2.24, 2.45) is 17.8 Å². The van der Waals surface area contributed by atoms with Gasteiger partial charge in [0.25, 0.3) is 0 Å². The Hall–Kier alpha value is -0.470. The van der Waals surface area contributed by atoms with Gasteiger partial charge in [0.1, 0.15) is 0 Å². The Bertz CT molecular complexity index is 521. The summed E-state index contributed by atoms with van der Waals surface area (Å²) in [6, 6.07) is 0.658. The zero-order valence-corrected chi connectivity index (χ0v) is 19.1. The maximum Gasteiger partial charge on any atom is 0.166 e. The Morgan fingerprint density at radius 1 is 1.00 bits per heavy atom. The van der Waals surface area contributed by atoms with Crippen molar-refractivity contribution in [2.45, 2.75) is 38.6 Å². The Kier molecular flexibility index (Phi) is 8.03. The molecule has 0 aromatic heterocycles. The number of fused-ring (bicyclic) bond motifs is 3. The largest absolute Gasteiger partial charge is 0.379 e. The number of hydrogen-bond acceptors (Lipinski definition) is 5. The Labute approximate surface area is 182 Å². The van der Waals surface area contributed by atoms with E-state index >= 15 is 0 Å². The molecule has 0 radical (unpaired) electrons. The molecule has 0 amide bonds. The fourth-order valence-electron chi connectivity index (χ4n) is 5.67. The number of nitrogens with zero attached hydrogens (tertiary/aromatic N) is 3. The predicted octanol–water partition coefficient (Wildman–Crippen LogP) is 1.23. The molecule has 0 spiro atoms. The molecule has 5 heterocycles. The van der Waals surface area contributed by atoms with Crippen LogP contribution < -0.4 is 10.6 Å². The lowest BCUT2D eigenvalue weighted by Gasteiger charge is -2.51. The SMILES string of the molecule is CC1CCN(CC2CN3CCC2CC3CNC(=S)NCCN2CCOCC2)CC1. The zero-order chi connectivity index (χ0) is 20.1. The van der Waals surface area contributed by atoms with Gasteiger partial charge in [0.15, 0.2) is 5.11 Å². The van der Waals surface area contributed by atoms with E-state index in [1.165, 1.54) is 58.4 Å². The number of likely N-dealkylation sites (tertiary alicyclic amines) is 1. The van der Waals surface area contributed by atoms with Crippen LogP contribution in [0.5, 0.6) is 0 Å². The van der Waals surface area contributed by atoms with Crippen LogP contribution in [-0.4, -0.2) is 105 Å². The molecule has 0 aliphatic carbocycles. The maximum absolute atomic E-state index is 5.53. The lowest BCUT2D eigenvalue weighted by atomic mass is 9.75. The lowest BCUT2D eigenvalue weighted by molar-refractivity contribution is -0.0139. The number of rotatable bonds is 7. The fraction of sp³-hybridized carbons (Fsp3) is 0.955. The Morgan fingerprint density at radius 2 is 1.79 bits per heavy atom. The first kappa shape index (κ1) is 21.8. The van der Waals surface area contributed by atoms with E-state index in [9.17, 15) is 0 Å². The number of morpholine rings is 1. The van der Waals surface area contributed by atoms with Gasteiger partial charge in [-0.25, -0.2) is 0 Å². The third-order valence-electron chi connectivity index (χ3n) is 7.70. The minimum atomic E-state index is 0.658. The van der Waals surface area contributed by atoms with Crippen LogP contribution in [0.4, 0.5) is 0 Å². The summed E-state index contributed by atoms with van der Waals surface area (Å²) < 4.78 is 5.40. The van der Waals surface area contributed by atoms with Crippen molar-refractivity contribution < 1.29 is 4.74 Å². The number of hydrogen-bond donors (Lipinski definition) is 2. The van der Waals surface area contributed by atoms with Gasteiger partial charge < -0.3 is 20.3 Å². The highest BCUT2D eigenvalue weighted by Crippen LogP contribution is 2.37. The summed E-state index contributed by atoms with van der Waals surface area (Å²) in [6.45, 7) is 15.7. The highest BCUT2D eigenvalue weighted by Gasteiger charge is 2.40. The summed E-state index contributed by atoms with van der Waals surface area (Å²) in [7, 11) is 0. The molecule has 166 valence electrons. The predicted molar refractivity (Wildman–Crippen MR) is 122 cm³/mol. The zero-order valence-electron chi connectivity index (χ0n) is 18.3. The van der Waals surface area contributed by atoms with Crippen molar-refractivity contribution >= 4 is 17.3 Å². The van der Waals surface area contributed by atoms with Crippen molar-refractivity contribution in [2.75, 3.05) is 78.7 Å². The molecule has 7 heteroatoms. The van der Waals surface area contributed by atoms with Gasteiger partial charge in [0.05, 0.1) is 13.2 Å². The van der Waals surface area contributed by atoms with Gasteiger partial charge in [0.2, 0.25) is 0 Å². The van der Waals surface area contributed by atoms with E-state index < -0.39 is 0 Å². The van der Waals surface area contributed by atoms with Gasteiger partial charge in [-0.2, -0.15) is 0 Å². The highest BCUT2D eigenvalue weighted by atomic mass is 32.1. The van der Waals surface area contributed by atoms with Crippen LogP contribution in [0.15, 0.2) is 0 Å². The minimum Gasteiger partial charge on any atom is -0.379 e. The van der Waals surface area contributed by atoms with E-state index in [-0.39, 0.29) is 0 Å². The van der Waals surface area contributed by atoms with Crippen molar-refractivity contribution in [3.63, 3.8) is 0 Å². The molecule has 5 rings (SSSR count). The Balaban J connectivity index is 1.12. The molecule has 0 aromatic carbocycles. The molecule has 4 unspecified atom stereocenters. The molecule has 0 saturated carbocycles. The first-order chi connectivity index (χ1) is 14.2. The van der Waals surface area contributed by atoms with Crippen molar-refractivity contribution in [3.8, 4) is 0 Å². The van der Waals surface area contributed by atoms with Crippen LogP contribution in [-0.2, 0) is 4.74 Å². The molecule has 5 aliphatic rings. The number of nitrogens with one attached hydrogen (secondary N) is 2. The minimum absolute atomic E-state index is 0.658. The molecule has 29 heavy (non-hydrogen) atoms. The second-order valence-corrected chi connectivity index (χ2v) is 10.2. The summed E-state index contributed by atoms with van der Waals surface area (Å²) in [4.78, 5) is 7.92. The van der Waals surface area contributed by atoms with Crippen LogP contribution in [0.1, 0.15) is 32.6 Å². The highest BCUT2D eigenvalue weighted by molar-refractivity contribution is 7.80. The van der Waals surface area contributed by atoms with Crippen molar-refractivity contribution in [1.29, 1.82) is 0 Å². The lowest BCUT2D eigenvalue weighted by Crippen LogP contribution is -2.59. The molecule has 6 nitrogen and oxygen atoms in total. The van der Waals surface area contributed by atoms with Crippen LogP contribution in [0, 0.1) is 17.8 Å². The van der Waals surface area contributed by atoms with Gasteiger partial charge in [-0.1, -0.05) is 6.92 Å². The van der Waals surface area contributed by atoms with Gasteiger partial charge in [0, 0.05) is 51.9 Å². The van der Waals surface area contributed by atoms with Crippen LogP contribution in [0.3, 0.4) is 0 Å².